The van der Waals surface area contributed by atoms with Crippen molar-refractivity contribution < 1.29 is 9.59 Å². The summed E-state index contributed by atoms with van der Waals surface area (Å²) in [5.74, 6) is 2.23. The van der Waals surface area contributed by atoms with Gasteiger partial charge in [-0.05, 0) is 29.4 Å². The van der Waals surface area contributed by atoms with E-state index < -0.39 is 0 Å². The maximum absolute atomic E-state index is 12.0. The monoisotopic (exact) mass is 375 g/mol. The van der Waals surface area contributed by atoms with E-state index in [1.54, 1.807) is 4.90 Å². The lowest BCUT2D eigenvalue weighted by atomic mass is 9.91. The molecule has 1 N–H and O–H groups in total. The first-order chi connectivity index (χ1) is 12.5. The van der Waals surface area contributed by atoms with Gasteiger partial charge in [0.1, 0.15) is 6.54 Å². The van der Waals surface area contributed by atoms with E-state index in [9.17, 15) is 9.59 Å². The summed E-state index contributed by atoms with van der Waals surface area (Å²) in [5, 5.41) is 2.91. The Morgan fingerprint density at radius 2 is 1.81 bits per heavy atom. The maximum Gasteiger partial charge on any atom is 0.282 e. The van der Waals surface area contributed by atoms with E-state index in [0.29, 0.717) is 13.1 Å². The summed E-state index contributed by atoms with van der Waals surface area (Å²) in [5.41, 5.74) is 2.41. The number of carbonyl (C=O) groups is 2. The number of carbonyl (C=O) groups excluding carboxylic acids is 2. The number of benzene rings is 1. The Morgan fingerprint density at radius 1 is 1.15 bits per heavy atom. The molecule has 0 aliphatic carbocycles. The van der Waals surface area contributed by atoms with E-state index in [-0.39, 0.29) is 17.7 Å². The van der Waals surface area contributed by atoms with Crippen LogP contribution >= 0.6 is 11.8 Å². The number of thioether (sulfide) groups is 1. The van der Waals surface area contributed by atoms with Crippen LogP contribution < -0.4 is 5.32 Å². The minimum absolute atomic E-state index is 0.00542. The van der Waals surface area contributed by atoms with Crippen molar-refractivity contribution in [2.24, 2.45) is 11.8 Å². The van der Waals surface area contributed by atoms with Gasteiger partial charge in [0.2, 0.25) is 5.91 Å². The third-order valence-corrected chi connectivity index (χ3v) is 5.93. The summed E-state index contributed by atoms with van der Waals surface area (Å²) >= 11 is 1.28. The molecule has 0 bridgehead atoms. The second kappa shape index (κ2) is 8.91. The third-order valence-electron chi connectivity index (χ3n) is 5.04. The van der Waals surface area contributed by atoms with Crippen LogP contribution in [0.15, 0.2) is 24.3 Å². The normalized spacial score (nSPS) is 24.1. The zero-order valence-corrected chi connectivity index (χ0v) is 16.6. The summed E-state index contributed by atoms with van der Waals surface area (Å²) in [6, 6.07) is 8.49. The Balaban J connectivity index is 1.44. The molecular formula is C20H29N3O2S. The fraction of sp³-hybridized carbons (Fsp3) is 0.600. The van der Waals surface area contributed by atoms with Crippen LogP contribution in [-0.2, 0) is 17.9 Å². The Kier molecular flexibility index (Phi) is 6.59. The highest BCUT2D eigenvalue weighted by atomic mass is 32.2. The molecule has 6 heteroatoms. The van der Waals surface area contributed by atoms with E-state index >= 15 is 0 Å². The predicted molar refractivity (Wildman–Crippen MR) is 106 cm³/mol. The van der Waals surface area contributed by atoms with Crippen molar-refractivity contribution >= 4 is 22.9 Å². The number of amides is 2. The molecule has 0 saturated carbocycles. The summed E-state index contributed by atoms with van der Waals surface area (Å²) < 4.78 is 0. The van der Waals surface area contributed by atoms with Crippen LogP contribution in [0.3, 0.4) is 0 Å². The summed E-state index contributed by atoms with van der Waals surface area (Å²) in [7, 11) is 0. The van der Waals surface area contributed by atoms with Crippen LogP contribution in [0.25, 0.3) is 0 Å². The average molecular weight is 376 g/mol. The highest BCUT2D eigenvalue weighted by Crippen LogP contribution is 2.22. The van der Waals surface area contributed by atoms with Crippen molar-refractivity contribution in [2.45, 2.75) is 33.4 Å². The Bertz CT molecular complexity index is 624. The van der Waals surface area contributed by atoms with Gasteiger partial charge < -0.3 is 10.2 Å². The maximum atomic E-state index is 12.0. The number of piperidine rings is 1. The van der Waals surface area contributed by atoms with Gasteiger partial charge in [0.05, 0.1) is 0 Å². The van der Waals surface area contributed by atoms with Gasteiger partial charge in [-0.1, -0.05) is 49.9 Å². The SMILES string of the molecule is C[C@@H]1C[C@H](C)CN(Cc2ccc(CNC(=O)CN3CCSC3=O)cc2)C1. The first-order valence-electron chi connectivity index (χ1n) is 9.48. The van der Waals surface area contributed by atoms with Gasteiger partial charge in [-0.15, -0.1) is 0 Å². The van der Waals surface area contributed by atoms with Crippen molar-refractivity contribution in [2.75, 3.05) is 31.9 Å². The zero-order chi connectivity index (χ0) is 18.5. The number of rotatable bonds is 6. The molecule has 2 fully saturated rings. The van der Waals surface area contributed by atoms with Gasteiger partial charge in [0.25, 0.3) is 5.24 Å². The van der Waals surface area contributed by atoms with Gasteiger partial charge in [0.15, 0.2) is 0 Å². The second-order valence-corrected chi connectivity index (χ2v) is 8.82. The van der Waals surface area contributed by atoms with Crippen LogP contribution in [0.4, 0.5) is 4.79 Å². The Morgan fingerprint density at radius 3 is 2.42 bits per heavy atom. The molecule has 2 atom stereocenters. The number of nitrogens with zero attached hydrogens (tertiary/aromatic N) is 2. The van der Waals surface area contributed by atoms with Crippen LogP contribution in [0, 0.1) is 11.8 Å². The number of likely N-dealkylation sites (tertiary alicyclic amines) is 1. The molecular weight excluding hydrogens is 346 g/mol. The zero-order valence-electron chi connectivity index (χ0n) is 15.7. The second-order valence-electron chi connectivity index (χ2n) is 7.77. The fourth-order valence-corrected chi connectivity index (χ4v) is 4.77. The molecule has 2 aliphatic heterocycles. The predicted octanol–water partition coefficient (Wildman–Crippen LogP) is 2.95. The van der Waals surface area contributed by atoms with Gasteiger partial charge in [-0.2, -0.15) is 0 Å². The van der Waals surface area contributed by atoms with Gasteiger partial charge in [0, 0.05) is 38.5 Å². The largest absolute Gasteiger partial charge is 0.350 e. The molecule has 0 radical (unpaired) electrons. The molecule has 2 aliphatic rings. The summed E-state index contributed by atoms with van der Waals surface area (Å²) in [6.07, 6.45) is 1.33. The van der Waals surface area contributed by atoms with Crippen molar-refractivity contribution in [3.05, 3.63) is 35.4 Å². The smallest absolute Gasteiger partial charge is 0.282 e. The minimum atomic E-state index is -0.0961. The van der Waals surface area contributed by atoms with Crippen molar-refractivity contribution in [1.29, 1.82) is 0 Å². The standard InChI is InChI=1S/C20H29N3O2S/c1-15-9-16(2)12-22(11-15)13-18-5-3-17(4-6-18)10-21-19(24)14-23-7-8-26-20(23)25/h3-6,15-16H,7-14H2,1-2H3,(H,21,24)/t15-,16+. The van der Waals surface area contributed by atoms with Crippen molar-refractivity contribution in [1.82, 2.24) is 15.1 Å². The fourth-order valence-electron chi connectivity index (χ4n) is 3.94. The van der Waals surface area contributed by atoms with Crippen LogP contribution in [0.1, 0.15) is 31.4 Å². The van der Waals surface area contributed by atoms with E-state index in [0.717, 1.165) is 29.7 Å². The average Bonchev–Trinajstić information content (AvgIpc) is 2.98. The summed E-state index contributed by atoms with van der Waals surface area (Å²) in [6.45, 7) is 9.35. The lowest BCUT2D eigenvalue weighted by Crippen LogP contribution is -2.38. The minimum Gasteiger partial charge on any atom is -0.350 e. The highest BCUT2D eigenvalue weighted by molar-refractivity contribution is 8.13. The van der Waals surface area contributed by atoms with Crippen LogP contribution in [0.2, 0.25) is 0 Å². The third kappa shape index (κ3) is 5.48. The molecule has 1 aromatic rings. The van der Waals surface area contributed by atoms with Gasteiger partial charge in [-0.25, -0.2) is 0 Å². The molecule has 2 saturated heterocycles. The molecule has 2 heterocycles. The van der Waals surface area contributed by atoms with Crippen LogP contribution in [-0.4, -0.2) is 52.9 Å². The lowest BCUT2D eigenvalue weighted by Gasteiger charge is -2.35. The quantitative estimate of drug-likeness (QED) is 0.831. The topological polar surface area (TPSA) is 52.7 Å². The van der Waals surface area contributed by atoms with Crippen LogP contribution in [0.5, 0.6) is 0 Å². The molecule has 3 rings (SSSR count). The van der Waals surface area contributed by atoms with Gasteiger partial charge >= 0.3 is 0 Å². The van der Waals surface area contributed by atoms with E-state index in [2.05, 4.69) is 48.3 Å². The molecule has 0 aromatic heterocycles. The molecule has 2 amide bonds. The van der Waals surface area contributed by atoms with Crippen molar-refractivity contribution in [3.8, 4) is 0 Å². The molecule has 0 unspecified atom stereocenters. The molecule has 26 heavy (non-hydrogen) atoms. The van der Waals surface area contributed by atoms with E-state index in [1.165, 1.54) is 36.8 Å². The first-order valence-corrected chi connectivity index (χ1v) is 10.5. The first kappa shape index (κ1) is 19.2. The van der Waals surface area contributed by atoms with E-state index in [1.807, 2.05) is 0 Å². The molecule has 5 nitrogen and oxygen atoms in total. The Hall–Kier alpha value is -1.53. The number of hydrogen-bond donors (Lipinski definition) is 1. The molecule has 142 valence electrons. The Labute approximate surface area is 160 Å². The van der Waals surface area contributed by atoms with E-state index in [4.69, 9.17) is 0 Å². The molecule has 0 spiro atoms. The summed E-state index contributed by atoms with van der Waals surface area (Å²) in [4.78, 5) is 27.7. The lowest BCUT2D eigenvalue weighted by molar-refractivity contribution is -0.121. The highest BCUT2D eigenvalue weighted by Gasteiger charge is 2.23. The molecule has 1 aromatic carbocycles. The number of nitrogens with one attached hydrogen (secondary N) is 1. The number of hydrogen-bond acceptors (Lipinski definition) is 4. The van der Waals surface area contributed by atoms with Gasteiger partial charge in [-0.3, -0.25) is 14.5 Å². The van der Waals surface area contributed by atoms with Crippen molar-refractivity contribution in [3.63, 3.8) is 0 Å².